The van der Waals surface area contributed by atoms with Crippen molar-refractivity contribution in [1.29, 1.82) is 0 Å². The molecule has 3 heterocycles. The zero-order chi connectivity index (χ0) is 19.5. The molecule has 0 aliphatic carbocycles. The number of hydrogen-bond acceptors (Lipinski definition) is 6. The first-order chi connectivity index (χ1) is 13.6. The van der Waals surface area contributed by atoms with Gasteiger partial charge in [-0.2, -0.15) is 0 Å². The quantitative estimate of drug-likeness (QED) is 0.477. The van der Waals surface area contributed by atoms with Gasteiger partial charge in [-0.1, -0.05) is 23.7 Å². The van der Waals surface area contributed by atoms with Crippen LogP contribution in [0.3, 0.4) is 0 Å². The molecule has 6 nitrogen and oxygen atoms in total. The first-order valence-corrected chi connectivity index (χ1v) is 10.2. The van der Waals surface area contributed by atoms with Crippen LogP contribution in [0.4, 0.5) is 0 Å². The number of nitrogens with zero attached hydrogens (tertiary/aromatic N) is 3. The van der Waals surface area contributed by atoms with E-state index in [1.807, 2.05) is 18.2 Å². The molecule has 0 bridgehead atoms. The highest BCUT2D eigenvalue weighted by molar-refractivity contribution is 7.18. The van der Waals surface area contributed by atoms with E-state index in [1.54, 1.807) is 22.3 Å². The molecule has 4 rings (SSSR count). The number of pyridine rings is 1. The number of aromatic nitrogens is 2. The summed E-state index contributed by atoms with van der Waals surface area (Å²) in [6.07, 6.45) is 3.38. The molecule has 8 heteroatoms. The van der Waals surface area contributed by atoms with Gasteiger partial charge in [0.2, 0.25) is 0 Å². The van der Waals surface area contributed by atoms with E-state index in [9.17, 15) is 9.59 Å². The third kappa shape index (κ3) is 4.00. The summed E-state index contributed by atoms with van der Waals surface area (Å²) in [6.45, 7) is 0.936. The smallest absolute Gasteiger partial charge is 0.341 e. The third-order valence-electron chi connectivity index (χ3n) is 4.74. The number of para-hydroxylation sites is 1. The minimum atomic E-state index is -0.647. The van der Waals surface area contributed by atoms with E-state index < -0.39 is 5.97 Å². The molecular weight excluding hydrogens is 398 g/mol. The number of fused-ring (bicyclic) bond motifs is 1. The zero-order valence-corrected chi connectivity index (χ0v) is 16.6. The standard InChI is InChI=1S/C20H18ClN3O3S/c21-18-14(6-3-9-22-18)20(26)27-12-17(25)24-10-4-5-13(11-24)19-23-15-7-1-2-8-16(15)28-19/h1-3,6-9,13H,4-5,10-12H2/t13-/m0/s1. The summed E-state index contributed by atoms with van der Waals surface area (Å²) in [5, 5.41) is 1.12. The summed E-state index contributed by atoms with van der Waals surface area (Å²) in [7, 11) is 0. The summed E-state index contributed by atoms with van der Waals surface area (Å²) >= 11 is 7.57. The first-order valence-electron chi connectivity index (χ1n) is 9.02. The maximum Gasteiger partial charge on any atom is 0.341 e. The van der Waals surface area contributed by atoms with Gasteiger partial charge < -0.3 is 9.64 Å². The van der Waals surface area contributed by atoms with E-state index in [1.165, 1.54) is 12.3 Å². The lowest BCUT2D eigenvalue weighted by molar-refractivity contribution is -0.135. The highest BCUT2D eigenvalue weighted by atomic mass is 35.5. The monoisotopic (exact) mass is 415 g/mol. The van der Waals surface area contributed by atoms with Gasteiger partial charge in [-0.05, 0) is 37.1 Å². The van der Waals surface area contributed by atoms with Gasteiger partial charge in [0.25, 0.3) is 5.91 Å². The van der Waals surface area contributed by atoms with Crippen LogP contribution < -0.4 is 0 Å². The fraction of sp³-hybridized carbons (Fsp3) is 0.300. The normalized spacial score (nSPS) is 16.9. The van der Waals surface area contributed by atoms with E-state index in [-0.39, 0.29) is 29.1 Å². The number of piperidine rings is 1. The summed E-state index contributed by atoms with van der Waals surface area (Å²) in [5.74, 6) is -0.649. The fourth-order valence-electron chi connectivity index (χ4n) is 3.30. The van der Waals surface area contributed by atoms with E-state index >= 15 is 0 Å². The van der Waals surface area contributed by atoms with Crippen LogP contribution in [0.5, 0.6) is 0 Å². The van der Waals surface area contributed by atoms with E-state index in [0.717, 1.165) is 28.1 Å². The molecule has 1 amide bonds. The second-order valence-electron chi connectivity index (χ2n) is 6.62. The molecule has 1 fully saturated rings. The van der Waals surface area contributed by atoms with Gasteiger partial charge in [-0.3, -0.25) is 4.79 Å². The summed E-state index contributed by atoms with van der Waals surface area (Å²) in [4.78, 5) is 35.0. The molecule has 144 valence electrons. The van der Waals surface area contributed by atoms with E-state index in [2.05, 4.69) is 11.1 Å². The number of carbonyl (C=O) groups excluding carboxylic acids is 2. The maximum absolute atomic E-state index is 12.6. The molecule has 1 aliphatic rings. The highest BCUT2D eigenvalue weighted by Gasteiger charge is 2.27. The van der Waals surface area contributed by atoms with Gasteiger partial charge in [0.1, 0.15) is 5.15 Å². The van der Waals surface area contributed by atoms with Crippen LogP contribution in [0.2, 0.25) is 5.15 Å². The number of halogens is 1. The fourth-order valence-corrected chi connectivity index (χ4v) is 4.59. The number of rotatable bonds is 4. The SMILES string of the molecule is O=C(OCC(=O)N1CCC[C@H](c2nc3ccccc3s2)C1)c1cccnc1Cl. The van der Waals surface area contributed by atoms with Crippen molar-refractivity contribution in [3.63, 3.8) is 0 Å². The largest absolute Gasteiger partial charge is 0.452 e. The second kappa shape index (κ2) is 8.24. The predicted octanol–water partition coefficient (Wildman–Crippen LogP) is 3.91. The van der Waals surface area contributed by atoms with Crippen molar-refractivity contribution < 1.29 is 14.3 Å². The molecular formula is C20H18ClN3O3S. The second-order valence-corrected chi connectivity index (χ2v) is 8.04. The molecule has 0 radical (unpaired) electrons. The lowest BCUT2D eigenvalue weighted by atomic mass is 9.99. The summed E-state index contributed by atoms with van der Waals surface area (Å²) in [6, 6.07) is 11.2. The highest BCUT2D eigenvalue weighted by Crippen LogP contribution is 2.33. The van der Waals surface area contributed by atoms with Crippen molar-refractivity contribution in [2.45, 2.75) is 18.8 Å². The van der Waals surface area contributed by atoms with Crippen LogP contribution in [0.1, 0.15) is 34.1 Å². The Morgan fingerprint density at radius 1 is 1.25 bits per heavy atom. The van der Waals surface area contributed by atoms with E-state index in [0.29, 0.717) is 13.1 Å². The molecule has 0 saturated carbocycles. The summed E-state index contributed by atoms with van der Waals surface area (Å²) < 4.78 is 6.30. The Bertz CT molecular complexity index is 990. The van der Waals surface area contributed by atoms with Gasteiger partial charge in [0, 0.05) is 25.2 Å². The molecule has 1 aromatic carbocycles. The van der Waals surface area contributed by atoms with Crippen molar-refractivity contribution in [1.82, 2.24) is 14.9 Å². The zero-order valence-electron chi connectivity index (χ0n) is 15.0. The summed E-state index contributed by atoms with van der Waals surface area (Å²) in [5.41, 5.74) is 1.15. The van der Waals surface area contributed by atoms with Crippen LogP contribution in [0, 0.1) is 0 Å². The topological polar surface area (TPSA) is 72.4 Å². The van der Waals surface area contributed by atoms with Gasteiger partial charge >= 0.3 is 5.97 Å². The Balaban J connectivity index is 1.38. The van der Waals surface area contributed by atoms with Crippen LogP contribution in [0.15, 0.2) is 42.6 Å². The van der Waals surface area contributed by atoms with Crippen LogP contribution in [-0.4, -0.2) is 46.4 Å². The average molecular weight is 416 g/mol. The van der Waals surface area contributed by atoms with Crippen molar-refractivity contribution in [2.75, 3.05) is 19.7 Å². The number of ether oxygens (including phenoxy) is 1. The predicted molar refractivity (Wildman–Crippen MR) is 108 cm³/mol. The molecule has 2 aromatic heterocycles. The molecule has 28 heavy (non-hydrogen) atoms. The van der Waals surface area contributed by atoms with Gasteiger partial charge in [0.15, 0.2) is 6.61 Å². The average Bonchev–Trinajstić information content (AvgIpc) is 3.16. The molecule has 0 spiro atoms. The number of carbonyl (C=O) groups is 2. The Morgan fingerprint density at radius 2 is 2.11 bits per heavy atom. The van der Waals surface area contributed by atoms with Gasteiger partial charge in [-0.25, -0.2) is 14.8 Å². The number of thiazole rings is 1. The molecule has 0 unspecified atom stereocenters. The van der Waals surface area contributed by atoms with Gasteiger partial charge in [0.05, 0.1) is 20.8 Å². The minimum Gasteiger partial charge on any atom is -0.452 e. The lowest BCUT2D eigenvalue weighted by Crippen LogP contribution is -2.41. The van der Waals surface area contributed by atoms with E-state index in [4.69, 9.17) is 21.3 Å². The number of hydrogen-bond donors (Lipinski definition) is 0. The lowest BCUT2D eigenvalue weighted by Gasteiger charge is -2.31. The van der Waals surface area contributed by atoms with Crippen LogP contribution in [-0.2, 0) is 9.53 Å². The van der Waals surface area contributed by atoms with Gasteiger partial charge in [-0.15, -0.1) is 11.3 Å². The van der Waals surface area contributed by atoms with Crippen molar-refractivity contribution in [2.24, 2.45) is 0 Å². The molecule has 0 N–H and O–H groups in total. The number of amides is 1. The minimum absolute atomic E-state index is 0.0637. The third-order valence-corrected chi connectivity index (χ3v) is 6.24. The Morgan fingerprint density at radius 3 is 2.93 bits per heavy atom. The first kappa shape index (κ1) is 18.8. The Kier molecular flexibility index (Phi) is 5.54. The van der Waals surface area contributed by atoms with Crippen molar-refractivity contribution >= 4 is 45.0 Å². The van der Waals surface area contributed by atoms with Crippen molar-refractivity contribution in [3.8, 4) is 0 Å². The number of likely N-dealkylation sites (tertiary alicyclic amines) is 1. The van der Waals surface area contributed by atoms with Crippen LogP contribution in [0.25, 0.3) is 10.2 Å². The van der Waals surface area contributed by atoms with Crippen LogP contribution >= 0.6 is 22.9 Å². The maximum atomic E-state index is 12.6. The Labute approximate surface area is 171 Å². The molecule has 1 atom stereocenters. The number of esters is 1. The Hall–Kier alpha value is -2.51. The molecule has 3 aromatic rings. The molecule has 1 saturated heterocycles. The number of benzene rings is 1. The van der Waals surface area contributed by atoms with Crippen molar-refractivity contribution in [3.05, 3.63) is 58.3 Å². The molecule has 1 aliphatic heterocycles.